The highest BCUT2D eigenvalue weighted by atomic mass is 19.4. The van der Waals surface area contributed by atoms with Crippen LogP contribution in [0.3, 0.4) is 0 Å². The monoisotopic (exact) mass is 232 g/mol. The van der Waals surface area contributed by atoms with Gasteiger partial charge in [0.1, 0.15) is 6.61 Å². The topological polar surface area (TPSA) is 47.6 Å². The van der Waals surface area contributed by atoms with E-state index >= 15 is 0 Å². The molecule has 0 aliphatic rings. The number of alkyl halides is 3. The predicted molar refractivity (Wildman–Crippen MR) is 54.0 cm³/mol. The second-order valence-corrected chi connectivity index (χ2v) is 2.98. The normalized spacial score (nSPS) is 12.0. The Kier molecular flexibility index (Phi) is 4.30. The highest BCUT2D eigenvalue weighted by molar-refractivity contribution is 5.79. The van der Waals surface area contributed by atoms with Crippen molar-refractivity contribution < 1.29 is 18.0 Å². The fourth-order valence-corrected chi connectivity index (χ4v) is 0.999. The summed E-state index contributed by atoms with van der Waals surface area (Å²) in [6.45, 7) is 0.537. The summed E-state index contributed by atoms with van der Waals surface area (Å²) in [6, 6.07) is 4.81. The Hall–Kier alpha value is -1.56. The van der Waals surface area contributed by atoms with Crippen LogP contribution < -0.4 is 5.73 Å². The average Bonchev–Trinajstić information content (AvgIpc) is 2.24. The molecule has 0 spiro atoms. The Balaban J connectivity index is 2.71. The van der Waals surface area contributed by atoms with E-state index in [0.29, 0.717) is 12.1 Å². The molecule has 1 rings (SSSR count). The van der Waals surface area contributed by atoms with Gasteiger partial charge in [0, 0.05) is 6.54 Å². The van der Waals surface area contributed by atoms with Crippen LogP contribution in [0.2, 0.25) is 0 Å². The van der Waals surface area contributed by atoms with Gasteiger partial charge in [-0.15, -0.1) is 0 Å². The highest BCUT2D eigenvalue weighted by Gasteiger charge is 2.30. The minimum absolute atomic E-state index is 0.232. The first-order valence-corrected chi connectivity index (χ1v) is 4.56. The predicted octanol–water partition coefficient (Wildman–Crippen LogP) is 2.01. The van der Waals surface area contributed by atoms with Crippen LogP contribution in [0.25, 0.3) is 0 Å². The van der Waals surface area contributed by atoms with Crippen LogP contribution in [0.4, 0.5) is 13.2 Å². The van der Waals surface area contributed by atoms with E-state index in [-0.39, 0.29) is 6.61 Å². The summed E-state index contributed by atoms with van der Waals surface area (Å²) in [5.74, 6) is 0. The minimum Gasteiger partial charge on any atom is -0.394 e. The zero-order valence-corrected chi connectivity index (χ0v) is 8.37. The van der Waals surface area contributed by atoms with Crippen LogP contribution in [0.15, 0.2) is 29.4 Å². The molecule has 1 aromatic rings. The molecule has 0 bridgehead atoms. The Morgan fingerprint density at radius 3 is 2.75 bits per heavy atom. The van der Waals surface area contributed by atoms with Gasteiger partial charge in [-0.25, -0.2) is 0 Å². The van der Waals surface area contributed by atoms with Crippen LogP contribution >= 0.6 is 0 Å². The van der Waals surface area contributed by atoms with E-state index in [1.165, 1.54) is 18.3 Å². The van der Waals surface area contributed by atoms with Crippen LogP contribution in [-0.4, -0.2) is 19.4 Å². The summed E-state index contributed by atoms with van der Waals surface area (Å²) < 4.78 is 37.0. The van der Waals surface area contributed by atoms with Gasteiger partial charge >= 0.3 is 6.18 Å². The maximum absolute atomic E-state index is 12.3. The number of oxime groups is 1. The summed E-state index contributed by atoms with van der Waals surface area (Å²) in [5.41, 5.74) is 4.75. The van der Waals surface area contributed by atoms with E-state index in [0.717, 1.165) is 12.1 Å². The molecule has 0 aliphatic carbocycles. The van der Waals surface area contributed by atoms with Gasteiger partial charge in [-0.05, 0) is 17.7 Å². The second-order valence-electron chi connectivity index (χ2n) is 2.98. The third kappa shape index (κ3) is 3.90. The van der Waals surface area contributed by atoms with Gasteiger partial charge in [-0.2, -0.15) is 13.2 Å². The molecule has 0 unspecified atom stereocenters. The first-order chi connectivity index (χ1) is 7.54. The van der Waals surface area contributed by atoms with Gasteiger partial charge in [0.2, 0.25) is 0 Å². The summed E-state index contributed by atoms with van der Waals surface area (Å²) in [4.78, 5) is 4.68. The summed E-state index contributed by atoms with van der Waals surface area (Å²) in [6.07, 6.45) is -3.13. The lowest BCUT2D eigenvalue weighted by Crippen LogP contribution is -2.06. The Bertz CT molecular complexity index is 363. The third-order valence-corrected chi connectivity index (χ3v) is 1.70. The molecule has 0 aliphatic heterocycles. The van der Waals surface area contributed by atoms with Gasteiger partial charge in [0.25, 0.3) is 0 Å². The fourth-order valence-electron chi connectivity index (χ4n) is 0.999. The number of benzene rings is 1. The van der Waals surface area contributed by atoms with E-state index in [1.54, 1.807) is 0 Å². The average molecular weight is 232 g/mol. The molecule has 16 heavy (non-hydrogen) atoms. The standard InChI is InChI=1S/C10H11F3N2O/c11-10(12,13)9-3-1-2-8(6-9)7-15-16-5-4-14/h1-3,6-7H,4-5,14H2/b15-7+. The summed E-state index contributed by atoms with van der Waals surface area (Å²) >= 11 is 0. The largest absolute Gasteiger partial charge is 0.416 e. The third-order valence-electron chi connectivity index (χ3n) is 1.70. The SMILES string of the molecule is NCCO/N=C/c1cccc(C(F)(F)F)c1. The molecule has 0 radical (unpaired) electrons. The lowest BCUT2D eigenvalue weighted by Gasteiger charge is -2.06. The Labute approximate surface area is 90.7 Å². The van der Waals surface area contributed by atoms with Crippen molar-refractivity contribution in [3.8, 4) is 0 Å². The van der Waals surface area contributed by atoms with Gasteiger partial charge in [-0.3, -0.25) is 0 Å². The number of halogens is 3. The van der Waals surface area contributed by atoms with Crippen LogP contribution in [-0.2, 0) is 11.0 Å². The molecule has 0 saturated heterocycles. The van der Waals surface area contributed by atoms with E-state index in [9.17, 15) is 13.2 Å². The van der Waals surface area contributed by atoms with Gasteiger partial charge in [0.15, 0.2) is 0 Å². The molecule has 3 nitrogen and oxygen atoms in total. The number of rotatable bonds is 4. The van der Waals surface area contributed by atoms with Gasteiger partial charge in [0.05, 0.1) is 11.8 Å². The molecular formula is C10H11F3N2O. The quantitative estimate of drug-likeness (QED) is 0.490. The number of nitrogens with two attached hydrogens (primary N) is 1. The Morgan fingerprint density at radius 1 is 1.38 bits per heavy atom. The van der Waals surface area contributed by atoms with Crippen molar-refractivity contribution in [2.24, 2.45) is 10.9 Å². The summed E-state index contributed by atoms with van der Waals surface area (Å²) in [7, 11) is 0. The molecule has 0 heterocycles. The molecule has 0 saturated carbocycles. The van der Waals surface area contributed by atoms with Gasteiger partial charge in [-0.1, -0.05) is 17.3 Å². The first kappa shape index (κ1) is 12.5. The zero-order chi connectivity index (χ0) is 12.0. The molecular weight excluding hydrogens is 221 g/mol. The van der Waals surface area contributed by atoms with E-state index < -0.39 is 11.7 Å². The van der Waals surface area contributed by atoms with Crippen molar-refractivity contribution in [3.63, 3.8) is 0 Å². The number of hydrogen-bond acceptors (Lipinski definition) is 3. The fraction of sp³-hybridized carbons (Fsp3) is 0.300. The van der Waals surface area contributed by atoms with Crippen molar-refractivity contribution in [1.82, 2.24) is 0 Å². The lowest BCUT2D eigenvalue weighted by molar-refractivity contribution is -0.137. The molecule has 0 amide bonds. The van der Waals surface area contributed by atoms with Crippen molar-refractivity contribution in [3.05, 3.63) is 35.4 Å². The number of hydrogen-bond donors (Lipinski definition) is 1. The van der Waals surface area contributed by atoms with Crippen LogP contribution in [0.1, 0.15) is 11.1 Å². The molecule has 0 aromatic heterocycles. The maximum Gasteiger partial charge on any atom is 0.416 e. The van der Waals surface area contributed by atoms with Crippen molar-refractivity contribution in [1.29, 1.82) is 0 Å². The lowest BCUT2D eigenvalue weighted by atomic mass is 10.1. The van der Waals surface area contributed by atoms with Crippen LogP contribution in [0, 0.1) is 0 Å². The smallest absolute Gasteiger partial charge is 0.394 e. The first-order valence-electron chi connectivity index (χ1n) is 4.56. The Morgan fingerprint density at radius 2 is 2.12 bits per heavy atom. The highest BCUT2D eigenvalue weighted by Crippen LogP contribution is 2.29. The van der Waals surface area contributed by atoms with Gasteiger partial charge < -0.3 is 10.6 Å². The van der Waals surface area contributed by atoms with E-state index in [1.807, 2.05) is 0 Å². The molecule has 0 atom stereocenters. The molecule has 6 heteroatoms. The molecule has 88 valence electrons. The van der Waals surface area contributed by atoms with Crippen molar-refractivity contribution in [2.45, 2.75) is 6.18 Å². The molecule has 2 N–H and O–H groups in total. The van der Waals surface area contributed by atoms with E-state index in [2.05, 4.69) is 9.99 Å². The maximum atomic E-state index is 12.3. The molecule has 0 fully saturated rings. The number of nitrogens with zero attached hydrogens (tertiary/aromatic N) is 1. The van der Waals surface area contributed by atoms with Crippen molar-refractivity contribution >= 4 is 6.21 Å². The van der Waals surface area contributed by atoms with Crippen LogP contribution in [0.5, 0.6) is 0 Å². The molecule has 1 aromatic carbocycles. The summed E-state index contributed by atoms with van der Waals surface area (Å²) in [5, 5.41) is 3.48. The van der Waals surface area contributed by atoms with E-state index in [4.69, 9.17) is 5.73 Å². The van der Waals surface area contributed by atoms with Crippen molar-refractivity contribution in [2.75, 3.05) is 13.2 Å². The zero-order valence-electron chi connectivity index (χ0n) is 8.37. The second kappa shape index (κ2) is 5.50. The minimum atomic E-state index is -4.35.